The van der Waals surface area contributed by atoms with Gasteiger partial charge in [-0.05, 0) is 31.2 Å². The van der Waals surface area contributed by atoms with Gasteiger partial charge in [0.15, 0.2) is 11.6 Å². The van der Waals surface area contributed by atoms with Crippen LogP contribution >= 0.6 is 0 Å². The molecule has 0 bridgehead atoms. The third kappa shape index (κ3) is 4.46. The summed E-state index contributed by atoms with van der Waals surface area (Å²) >= 11 is 0. The number of nitrogens with zero attached hydrogens (tertiary/aromatic N) is 4. The highest BCUT2D eigenvalue weighted by atomic mass is 32.2. The van der Waals surface area contributed by atoms with Gasteiger partial charge in [-0.3, -0.25) is 0 Å². The second-order valence-electron chi connectivity index (χ2n) is 9.96. The summed E-state index contributed by atoms with van der Waals surface area (Å²) in [7, 11) is -1.63. The SMILES string of the molecule is CN(CC1(c2ccccc2)CCN(c2nc3c(c(NC4(CO)CC4)n2)OCC3)CC1)S(C)(=O)=O. The van der Waals surface area contributed by atoms with Crippen LogP contribution in [0.25, 0.3) is 0 Å². The van der Waals surface area contributed by atoms with Crippen LogP contribution in [-0.2, 0) is 21.9 Å². The van der Waals surface area contributed by atoms with Crippen LogP contribution in [0.4, 0.5) is 11.8 Å². The van der Waals surface area contributed by atoms with E-state index in [1.165, 1.54) is 10.6 Å². The largest absolute Gasteiger partial charge is 0.487 e. The number of nitrogens with one attached hydrogen (secondary N) is 1. The zero-order valence-corrected chi connectivity index (χ0v) is 20.6. The molecule has 3 heterocycles. The Labute approximate surface area is 201 Å². The minimum Gasteiger partial charge on any atom is -0.487 e. The first-order valence-corrected chi connectivity index (χ1v) is 13.7. The molecule has 1 aliphatic carbocycles. The van der Waals surface area contributed by atoms with E-state index in [4.69, 9.17) is 14.7 Å². The monoisotopic (exact) mass is 487 g/mol. The van der Waals surface area contributed by atoms with Crippen LogP contribution in [0.2, 0.25) is 0 Å². The molecule has 9 nitrogen and oxygen atoms in total. The molecule has 2 fully saturated rings. The highest BCUT2D eigenvalue weighted by molar-refractivity contribution is 7.88. The Morgan fingerprint density at radius 1 is 1.15 bits per heavy atom. The Morgan fingerprint density at radius 2 is 1.85 bits per heavy atom. The predicted octanol–water partition coefficient (Wildman–Crippen LogP) is 1.78. The van der Waals surface area contributed by atoms with E-state index in [-0.39, 0.29) is 17.6 Å². The van der Waals surface area contributed by atoms with Crippen molar-refractivity contribution in [3.63, 3.8) is 0 Å². The maximum Gasteiger partial charge on any atom is 0.227 e. The average molecular weight is 488 g/mol. The van der Waals surface area contributed by atoms with Crippen molar-refractivity contribution < 1.29 is 18.3 Å². The highest BCUT2D eigenvalue weighted by Gasteiger charge is 2.44. The molecule has 1 aromatic carbocycles. The van der Waals surface area contributed by atoms with Crippen LogP contribution in [0, 0.1) is 0 Å². The number of rotatable bonds is 8. The molecular weight excluding hydrogens is 454 g/mol. The van der Waals surface area contributed by atoms with E-state index < -0.39 is 10.0 Å². The van der Waals surface area contributed by atoms with Crippen LogP contribution in [0.15, 0.2) is 30.3 Å². The van der Waals surface area contributed by atoms with Gasteiger partial charge in [-0.25, -0.2) is 17.7 Å². The number of piperidine rings is 1. The summed E-state index contributed by atoms with van der Waals surface area (Å²) in [6.45, 7) is 2.53. The lowest BCUT2D eigenvalue weighted by molar-refractivity contribution is 0.265. The maximum atomic E-state index is 12.2. The fraction of sp³-hybridized carbons (Fsp3) is 0.583. The van der Waals surface area contributed by atoms with Gasteiger partial charge in [0.05, 0.1) is 30.7 Å². The number of hydrogen-bond acceptors (Lipinski definition) is 8. The van der Waals surface area contributed by atoms with Crippen molar-refractivity contribution >= 4 is 21.8 Å². The van der Waals surface area contributed by atoms with Crippen LogP contribution in [0.5, 0.6) is 5.75 Å². The quantitative estimate of drug-likeness (QED) is 0.580. The van der Waals surface area contributed by atoms with Crippen molar-refractivity contribution in [1.82, 2.24) is 14.3 Å². The Bertz CT molecular complexity index is 1150. The number of aromatic nitrogens is 2. The molecule has 0 amide bonds. The van der Waals surface area contributed by atoms with Crippen LogP contribution in [-0.4, -0.2) is 79.5 Å². The Hall–Kier alpha value is -2.43. The smallest absolute Gasteiger partial charge is 0.227 e. The molecule has 2 aliphatic heterocycles. The van der Waals surface area contributed by atoms with Crippen LogP contribution < -0.4 is 15.0 Å². The average Bonchev–Trinajstić information content (AvgIpc) is 3.44. The van der Waals surface area contributed by atoms with E-state index in [0.29, 0.717) is 30.7 Å². The third-order valence-corrected chi connectivity index (χ3v) is 8.79. The highest BCUT2D eigenvalue weighted by Crippen LogP contribution is 2.43. The van der Waals surface area contributed by atoms with Crippen molar-refractivity contribution in [2.75, 3.05) is 56.4 Å². The van der Waals surface area contributed by atoms with Crippen molar-refractivity contribution in [2.45, 2.75) is 43.1 Å². The third-order valence-electron chi connectivity index (χ3n) is 7.53. The van der Waals surface area contributed by atoms with Gasteiger partial charge in [-0.2, -0.15) is 4.98 Å². The molecular formula is C24H33N5O4S. The van der Waals surface area contributed by atoms with Gasteiger partial charge >= 0.3 is 0 Å². The summed E-state index contributed by atoms with van der Waals surface area (Å²) in [6, 6.07) is 10.2. The minimum atomic E-state index is -3.29. The molecule has 5 rings (SSSR count). The summed E-state index contributed by atoms with van der Waals surface area (Å²) in [4.78, 5) is 11.8. The van der Waals surface area contributed by atoms with Gasteiger partial charge < -0.3 is 20.1 Å². The number of aliphatic hydroxyl groups excluding tert-OH is 1. The van der Waals surface area contributed by atoms with Crippen LogP contribution in [0.3, 0.4) is 0 Å². The van der Waals surface area contributed by atoms with Crippen molar-refractivity contribution in [3.05, 3.63) is 41.6 Å². The predicted molar refractivity (Wildman–Crippen MR) is 131 cm³/mol. The normalized spacial score (nSPS) is 20.6. The van der Waals surface area contributed by atoms with Gasteiger partial charge in [0.25, 0.3) is 0 Å². The zero-order valence-electron chi connectivity index (χ0n) is 19.8. The molecule has 0 radical (unpaired) electrons. The van der Waals surface area contributed by atoms with Gasteiger partial charge in [0, 0.05) is 38.5 Å². The molecule has 34 heavy (non-hydrogen) atoms. The Morgan fingerprint density at radius 3 is 2.47 bits per heavy atom. The first-order valence-electron chi connectivity index (χ1n) is 11.9. The molecule has 2 aromatic rings. The van der Waals surface area contributed by atoms with E-state index in [0.717, 1.165) is 56.5 Å². The number of aliphatic hydroxyl groups is 1. The lowest BCUT2D eigenvalue weighted by Crippen LogP contribution is -2.49. The molecule has 1 aromatic heterocycles. The lowest BCUT2D eigenvalue weighted by Gasteiger charge is -2.44. The number of likely N-dealkylation sites (N-methyl/N-ethyl adjacent to an activating group) is 1. The summed E-state index contributed by atoms with van der Waals surface area (Å²) < 4.78 is 31.7. The number of benzene rings is 1. The molecule has 1 saturated carbocycles. The van der Waals surface area contributed by atoms with Gasteiger partial charge in [0.2, 0.25) is 16.0 Å². The number of anilines is 2. The molecule has 0 atom stereocenters. The first-order chi connectivity index (χ1) is 16.2. The van der Waals surface area contributed by atoms with Gasteiger partial charge in [0.1, 0.15) is 0 Å². The summed E-state index contributed by atoms with van der Waals surface area (Å²) in [5.41, 5.74) is 1.49. The van der Waals surface area contributed by atoms with Crippen LogP contribution in [0.1, 0.15) is 36.9 Å². The van der Waals surface area contributed by atoms with E-state index in [9.17, 15) is 13.5 Å². The molecule has 3 aliphatic rings. The molecule has 10 heteroatoms. The second kappa shape index (κ2) is 8.66. The molecule has 0 unspecified atom stereocenters. The minimum absolute atomic E-state index is 0.0677. The maximum absolute atomic E-state index is 12.2. The second-order valence-corrected chi connectivity index (χ2v) is 12.1. The van der Waals surface area contributed by atoms with E-state index >= 15 is 0 Å². The van der Waals surface area contributed by atoms with Crippen molar-refractivity contribution in [1.29, 1.82) is 0 Å². The van der Waals surface area contributed by atoms with Crippen molar-refractivity contribution in [2.24, 2.45) is 0 Å². The number of hydrogen-bond donors (Lipinski definition) is 2. The van der Waals surface area contributed by atoms with E-state index in [1.807, 2.05) is 18.2 Å². The standard InChI is InChI=1S/C24H33N5O4S/c1-28(34(2,31)32)16-23(18-6-4-3-5-7-18)11-13-29(14-12-23)22-25-19-8-15-33-20(19)21(26-22)27-24(17-30)9-10-24/h3-7,30H,8-17H2,1-2H3,(H,25,26,27). The lowest BCUT2D eigenvalue weighted by atomic mass is 9.72. The Balaban J connectivity index is 1.40. The van der Waals surface area contributed by atoms with Gasteiger partial charge in [-0.15, -0.1) is 0 Å². The number of fused-ring (bicyclic) bond motifs is 1. The zero-order chi connectivity index (χ0) is 24.0. The fourth-order valence-corrected chi connectivity index (χ4v) is 5.50. The summed E-state index contributed by atoms with van der Waals surface area (Å²) in [5.74, 6) is 2.04. The Kier molecular flexibility index (Phi) is 5.94. The molecule has 184 valence electrons. The summed E-state index contributed by atoms with van der Waals surface area (Å²) in [5, 5.41) is 13.2. The summed E-state index contributed by atoms with van der Waals surface area (Å²) in [6.07, 6.45) is 5.40. The van der Waals surface area contributed by atoms with E-state index in [1.54, 1.807) is 7.05 Å². The fourth-order valence-electron chi connectivity index (χ4n) is 5.01. The number of sulfonamides is 1. The van der Waals surface area contributed by atoms with E-state index in [2.05, 4.69) is 22.3 Å². The molecule has 2 N–H and O–H groups in total. The van der Waals surface area contributed by atoms with Gasteiger partial charge in [-0.1, -0.05) is 30.3 Å². The molecule has 1 saturated heterocycles. The number of ether oxygens (including phenoxy) is 1. The topological polar surface area (TPSA) is 108 Å². The first kappa shape index (κ1) is 23.3. The van der Waals surface area contributed by atoms with Crippen molar-refractivity contribution in [3.8, 4) is 5.75 Å². The molecule has 0 spiro atoms.